The van der Waals surface area contributed by atoms with Crippen molar-refractivity contribution in [1.82, 2.24) is 9.88 Å². The van der Waals surface area contributed by atoms with E-state index < -0.39 is 9.84 Å². The molecule has 5 nitrogen and oxygen atoms in total. The summed E-state index contributed by atoms with van der Waals surface area (Å²) in [5.41, 5.74) is 2.50. The highest BCUT2D eigenvalue weighted by molar-refractivity contribution is 7.90. The van der Waals surface area contributed by atoms with Gasteiger partial charge in [0.2, 0.25) is 0 Å². The molecule has 0 bridgehead atoms. The predicted octanol–water partition coefficient (Wildman–Crippen LogP) is 4.05. The minimum absolute atomic E-state index is 0.139. The lowest BCUT2D eigenvalue weighted by molar-refractivity contribution is 0.0939. The average Bonchev–Trinajstić information content (AvgIpc) is 3.23. The Labute approximate surface area is 163 Å². The third-order valence-corrected chi connectivity index (χ3v) is 6.94. The normalized spacial score (nSPS) is 12.7. The number of rotatable bonds is 5. The number of aromatic nitrogens is 1. The topological polar surface area (TPSA) is 68.2 Å². The fraction of sp³-hybridized carbons (Fsp3) is 0.250. The second-order valence-corrected chi connectivity index (χ2v) is 9.81. The number of nitrogens with one attached hydrogen (secondary N) is 1. The summed E-state index contributed by atoms with van der Waals surface area (Å²) in [5.74, 6) is -0.139. The number of carbonyl (C=O) groups excluding carboxylic acids is 1. The summed E-state index contributed by atoms with van der Waals surface area (Å²) in [4.78, 5) is 14.4. The molecule has 1 N–H and O–H groups in total. The van der Waals surface area contributed by atoms with Crippen molar-refractivity contribution >= 4 is 27.1 Å². The monoisotopic (exact) mass is 402 g/mol. The lowest BCUT2D eigenvalue weighted by Crippen LogP contribution is -2.27. The van der Waals surface area contributed by atoms with Crippen molar-refractivity contribution in [3.63, 3.8) is 0 Å². The quantitative estimate of drug-likeness (QED) is 0.700. The number of hydrogen-bond acceptors (Lipinski definition) is 4. The van der Waals surface area contributed by atoms with Gasteiger partial charge in [0, 0.05) is 23.5 Å². The molecular weight excluding hydrogens is 380 g/mol. The van der Waals surface area contributed by atoms with Crippen molar-refractivity contribution in [3.8, 4) is 5.00 Å². The molecule has 0 aliphatic rings. The van der Waals surface area contributed by atoms with E-state index in [1.165, 1.54) is 6.26 Å². The number of benzene rings is 1. The van der Waals surface area contributed by atoms with Crippen molar-refractivity contribution in [3.05, 3.63) is 70.4 Å². The van der Waals surface area contributed by atoms with Gasteiger partial charge in [0.15, 0.2) is 9.84 Å². The summed E-state index contributed by atoms with van der Waals surface area (Å²) in [6.07, 6.45) is 5.03. The molecule has 27 heavy (non-hydrogen) atoms. The molecule has 3 rings (SSSR count). The molecule has 3 aromatic rings. The van der Waals surface area contributed by atoms with E-state index in [-0.39, 0.29) is 16.8 Å². The number of carbonyl (C=O) groups is 1. The SMILES string of the molecule is Cc1sc(-n2cccc2)c(C(=O)NC(C)c2ccc(S(C)(=O)=O)cc2)c1C. The van der Waals surface area contributed by atoms with E-state index in [0.29, 0.717) is 5.56 Å². The van der Waals surface area contributed by atoms with E-state index in [2.05, 4.69) is 5.32 Å². The van der Waals surface area contributed by atoms with Crippen molar-refractivity contribution in [2.24, 2.45) is 0 Å². The zero-order valence-corrected chi connectivity index (χ0v) is 17.3. The average molecular weight is 403 g/mol. The molecule has 2 heterocycles. The number of thiophene rings is 1. The summed E-state index contributed by atoms with van der Waals surface area (Å²) in [6, 6.07) is 10.2. The number of sulfone groups is 1. The van der Waals surface area contributed by atoms with Crippen LogP contribution in [0.4, 0.5) is 0 Å². The van der Waals surface area contributed by atoms with Crippen LogP contribution in [0.15, 0.2) is 53.7 Å². The Bertz CT molecular complexity index is 1060. The third-order valence-electron chi connectivity index (χ3n) is 4.59. The van der Waals surface area contributed by atoms with Crippen LogP contribution in [0.2, 0.25) is 0 Å². The van der Waals surface area contributed by atoms with Crippen molar-refractivity contribution in [1.29, 1.82) is 0 Å². The van der Waals surface area contributed by atoms with Gasteiger partial charge in [0.1, 0.15) is 5.00 Å². The third kappa shape index (κ3) is 3.99. The first kappa shape index (κ1) is 19.4. The Morgan fingerprint density at radius 1 is 1.11 bits per heavy atom. The number of nitrogens with zero attached hydrogens (tertiary/aromatic N) is 1. The Balaban J connectivity index is 1.86. The smallest absolute Gasteiger partial charge is 0.255 e. The molecule has 1 atom stereocenters. The maximum atomic E-state index is 13.0. The highest BCUT2D eigenvalue weighted by atomic mass is 32.2. The van der Waals surface area contributed by atoms with E-state index in [1.54, 1.807) is 35.6 Å². The van der Waals surface area contributed by atoms with Crippen LogP contribution in [-0.2, 0) is 9.84 Å². The molecule has 0 fully saturated rings. The van der Waals surface area contributed by atoms with Gasteiger partial charge >= 0.3 is 0 Å². The molecule has 0 spiro atoms. The van der Waals surface area contributed by atoms with Crippen molar-refractivity contribution in [2.45, 2.75) is 31.7 Å². The van der Waals surface area contributed by atoms with E-state index in [0.717, 1.165) is 21.0 Å². The van der Waals surface area contributed by atoms with Crippen LogP contribution in [0.5, 0.6) is 0 Å². The van der Waals surface area contributed by atoms with Crippen LogP contribution >= 0.6 is 11.3 Å². The van der Waals surface area contributed by atoms with Crippen molar-refractivity contribution in [2.75, 3.05) is 6.26 Å². The zero-order valence-electron chi connectivity index (χ0n) is 15.7. The molecule has 0 aliphatic heterocycles. The molecule has 142 valence electrons. The molecule has 0 saturated heterocycles. The van der Waals surface area contributed by atoms with E-state index in [1.807, 2.05) is 49.9 Å². The Morgan fingerprint density at radius 2 is 1.70 bits per heavy atom. The predicted molar refractivity (Wildman–Crippen MR) is 109 cm³/mol. The molecule has 7 heteroatoms. The summed E-state index contributed by atoms with van der Waals surface area (Å²) in [6.45, 7) is 5.85. The minimum Gasteiger partial charge on any atom is -0.345 e. The van der Waals surface area contributed by atoms with Crippen LogP contribution in [0.3, 0.4) is 0 Å². The lowest BCUT2D eigenvalue weighted by Gasteiger charge is -2.16. The largest absolute Gasteiger partial charge is 0.345 e. The number of hydrogen-bond donors (Lipinski definition) is 1. The van der Waals surface area contributed by atoms with E-state index in [9.17, 15) is 13.2 Å². The van der Waals surface area contributed by atoms with Gasteiger partial charge in [-0.05, 0) is 56.2 Å². The van der Waals surface area contributed by atoms with Crippen LogP contribution in [0, 0.1) is 13.8 Å². The van der Waals surface area contributed by atoms with Gasteiger partial charge in [0.25, 0.3) is 5.91 Å². The van der Waals surface area contributed by atoms with Crippen LogP contribution in [0.1, 0.15) is 39.3 Å². The Morgan fingerprint density at radius 3 is 2.26 bits per heavy atom. The Hall–Kier alpha value is -2.38. The van der Waals surface area contributed by atoms with Gasteiger partial charge in [-0.15, -0.1) is 11.3 Å². The molecule has 1 aromatic carbocycles. The van der Waals surface area contributed by atoms with Crippen LogP contribution in [0.25, 0.3) is 5.00 Å². The lowest BCUT2D eigenvalue weighted by atomic mass is 10.1. The van der Waals surface area contributed by atoms with Crippen molar-refractivity contribution < 1.29 is 13.2 Å². The zero-order chi connectivity index (χ0) is 19.8. The summed E-state index contributed by atoms with van der Waals surface area (Å²) >= 11 is 1.59. The van der Waals surface area contributed by atoms with Crippen LogP contribution < -0.4 is 5.32 Å². The first-order chi connectivity index (χ1) is 12.7. The summed E-state index contributed by atoms with van der Waals surface area (Å²) in [5, 5.41) is 3.93. The first-order valence-corrected chi connectivity index (χ1v) is 11.2. The fourth-order valence-corrected chi connectivity index (χ4v) is 4.63. The highest BCUT2D eigenvalue weighted by Gasteiger charge is 2.22. The maximum Gasteiger partial charge on any atom is 0.255 e. The Kier molecular flexibility index (Phi) is 5.26. The van der Waals surface area contributed by atoms with Gasteiger partial charge in [-0.3, -0.25) is 4.79 Å². The molecule has 1 unspecified atom stereocenters. The van der Waals surface area contributed by atoms with Gasteiger partial charge < -0.3 is 9.88 Å². The summed E-state index contributed by atoms with van der Waals surface area (Å²) < 4.78 is 25.1. The molecule has 0 aliphatic carbocycles. The van der Waals surface area contributed by atoms with Gasteiger partial charge in [-0.1, -0.05) is 12.1 Å². The number of amides is 1. The highest BCUT2D eigenvalue weighted by Crippen LogP contribution is 2.31. The second kappa shape index (κ2) is 7.32. The molecule has 1 amide bonds. The van der Waals surface area contributed by atoms with Gasteiger partial charge in [-0.2, -0.15) is 0 Å². The molecule has 2 aromatic heterocycles. The molecule has 0 radical (unpaired) electrons. The van der Waals surface area contributed by atoms with Gasteiger partial charge in [-0.25, -0.2) is 8.42 Å². The van der Waals surface area contributed by atoms with Crippen LogP contribution in [-0.4, -0.2) is 25.1 Å². The fourth-order valence-electron chi connectivity index (χ4n) is 2.88. The first-order valence-electron chi connectivity index (χ1n) is 8.52. The maximum absolute atomic E-state index is 13.0. The molecule has 0 saturated carbocycles. The summed E-state index contributed by atoms with van der Waals surface area (Å²) in [7, 11) is -3.23. The standard InChI is InChI=1S/C20H22N2O3S2/c1-13-15(3)26-20(22-11-5-6-12-22)18(13)19(23)21-14(2)16-7-9-17(10-8-16)27(4,24)25/h5-12,14H,1-4H3,(H,21,23). The number of aryl methyl sites for hydroxylation is 1. The van der Waals surface area contributed by atoms with E-state index >= 15 is 0 Å². The molecular formula is C20H22N2O3S2. The second-order valence-electron chi connectivity index (χ2n) is 6.59. The van der Waals surface area contributed by atoms with Gasteiger partial charge in [0.05, 0.1) is 16.5 Å². The minimum atomic E-state index is -3.23. The van der Waals surface area contributed by atoms with E-state index in [4.69, 9.17) is 0 Å².